The number of thiocarbonyl (C=S) groups is 1. The number of rotatable bonds is 2. The molecule has 0 unspecified atom stereocenters. The number of urea groups is 1. The molecule has 1 rings (SSSR count). The summed E-state index contributed by atoms with van der Waals surface area (Å²) < 4.78 is 0. The maximum Gasteiger partial charge on any atom is 0.323 e. The van der Waals surface area contributed by atoms with E-state index in [2.05, 4.69) is 0 Å². The molecule has 4 nitrogen and oxygen atoms in total. The molecule has 1 aromatic carbocycles. The summed E-state index contributed by atoms with van der Waals surface area (Å²) in [5.41, 5.74) is 7.03. The number of benzene rings is 1. The Morgan fingerprint density at radius 3 is 2.31 bits per heavy atom. The van der Waals surface area contributed by atoms with Crippen molar-refractivity contribution in [3.8, 4) is 0 Å². The lowest BCUT2D eigenvalue weighted by molar-refractivity contribution is 0.225. The van der Waals surface area contributed by atoms with Crippen molar-refractivity contribution in [2.75, 3.05) is 26.0 Å². The number of carbonyl (C=O) groups is 1. The molecule has 5 heteroatoms. The predicted molar refractivity (Wildman–Crippen MR) is 69.8 cm³/mol. The van der Waals surface area contributed by atoms with E-state index in [1.54, 1.807) is 27.2 Å². The van der Waals surface area contributed by atoms with Crippen LogP contribution in [0.3, 0.4) is 0 Å². The zero-order valence-electron chi connectivity index (χ0n) is 9.60. The number of para-hydroxylation sites is 1. The minimum Gasteiger partial charge on any atom is -0.389 e. The molecule has 0 bridgehead atoms. The molecule has 1 aromatic rings. The molecule has 0 aliphatic heterocycles. The largest absolute Gasteiger partial charge is 0.389 e. The number of nitrogens with zero attached hydrogens (tertiary/aromatic N) is 2. The third-order valence-corrected chi connectivity index (χ3v) is 2.42. The zero-order valence-corrected chi connectivity index (χ0v) is 10.4. The van der Waals surface area contributed by atoms with Gasteiger partial charge in [-0.3, -0.25) is 4.90 Å². The van der Waals surface area contributed by atoms with Crippen LogP contribution in [-0.2, 0) is 0 Å². The van der Waals surface area contributed by atoms with Crippen molar-refractivity contribution in [2.24, 2.45) is 5.73 Å². The average Bonchev–Trinajstić information content (AvgIpc) is 2.26. The van der Waals surface area contributed by atoms with Crippen molar-refractivity contribution in [2.45, 2.75) is 0 Å². The summed E-state index contributed by atoms with van der Waals surface area (Å²) in [6.45, 7) is 0. The highest BCUT2D eigenvalue weighted by Gasteiger charge is 2.16. The Bertz CT molecular complexity index is 417. The van der Waals surface area contributed by atoms with Gasteiger partial charge in [0.1, 0.15) is 4.99 Å². The van der Waals surface area contributed by atoms with Crippen LogP contribution in [0.2, 0.25) is 0 Å². The molecule has 0 aliphatic rings. The van der Waals surface area contributed by atoms with E-state index in [1.165, 1.54) is 9.80 Å². The number of carbonyl (C=O) groups excluding carboxylic acids is 1. The standard InChI is InChI=1S/C11H15N3OS/c1-13(2)11(15)14(3)9-7-5-4-6-8(9)10(12)16/h4-7H,1-3H3,(H2,12,16). The summed E-state index contributed by atoms with van der Waals surface area (Å²) in [6, 6.07) is 7.18. The fraction of sp³-hybridized carbons (Fsp3) is 0.273. The molecule has 0 atom stereocenters. The molecule has 0 saturated carbocycles. The van der Waals surface area contributed by atoms with Crippen LogP contribution in [-0.4, -0.2) is 37.1 Å². The minimum atomic E-state index is -0.122. The molecule has 0 saturated heterocycles. The van der Waals surface area contributed by atoms with Gasteiger partial charge in [-0.2, -0.15) is 0 Å². The highest BCUT2D eigenvalue weighted by atomic mass is 32.1. The second-order valence-corrected chi connectivity index (χ2v) is 4.06. The monoisotopic (exact) mass is 237 g/mol. The van der Waals surface area contributed by atoms with E-state index in [-0.39, 0.29) is 11.0 Å². The minimum absolute atomic E-state index is 0.122. The van der Waals surface area contributed by atoms with Gasteiger partial charge in [-0.15, -0.1) is 0 Å². The molecule has 2 amide bonds. The summed E-state index contributed by atoms with van der Waals surface area (Å²) in [4.78, 5) is 15.1. The van der Waals surface area contributed by atoms with Gasteiger partial charge in [0, 0.05) is 26.7 Å². The molecule has 16 heavy (non-hydrogen) atoms. The van der Waals surface area contributed by atoms with Gasteiger partial charge in [0.15, 0.2) is 0 Å². The van der Waals surface area contributed by atoms with Crippen LogP contribution in [0, 0.1) is 0 Å². The van der Waals surface area contributed by atoms with E-state index >= 15 is 0 Å². The normalized spacial score (nSPS) is 9.69. The fourth-order valence-corrected chi connectivity index (χ4v) is 1.55. The van der Waals surface area contributed by atoms with Crippen molar-refractivity contribution < 1.29 is 4.79 Å². The van der Waals surface area contributed by atoms with Gasteiger partial charge < -0.3 is 10.6 Å². The number of hydrogen-bond donors (Lipinski definition) is 1. The number of nitrogens with two attached hydrogens (primary N) is 1. The van der Waals surface area contributed by atoms with Crippen molar-refractivity contribution in [1.82, 2.24) is 4.90 Å². The zero-order chi connectivity index (χ0) is 12.3. The van der Waals surface area contributed by atoms with Crippen LogP contribution in [0.15, 0.2) is 24.3 Å². The van der Waals surface area contributed by atoms with E-state index in [1.807, 2.05) is 18.2 Å². The molecule has 0 fully saturated rings. The van der Waals surface area contributed by atoms with E-state index < -0.39 is 0 Å². The van der Waals surface area contributed by atoms with Gasteiger partial charge in [0.25, 0.3) is 0 Å². The third kappa shape index (κ3) is 2.49. The molecular formula is C11H15N3OS. The quantitative estimate of drug-likeness (QED) is 0.792. The number of amides is 2. The van der Waals surface area contributed by atoms with E-state index in [9.17, 15) is 4.79 Å². The van der Waals surface area contributed by atoms with Crippen LogP contribution in [0.1, 0.15) is 5.56 Å². The molecular weight excluding hydrogens is 222 g/mol. The first-order valence-electron chi connectivity index (χ1n) is 4.79. The smallest absolute Gasteiger partial charge is 0.323 e. The molecule has 0 radical (unpaired) electrons. The molecule has 86 valence electrons. The Morgan fingerprint density at radius 1 is 1.25 bits per heavy atom. The van der Waals surface area contributed by atoms with Crippen LogP contribution < -0.4 is 10.6 Å². The van der Waals surface area contributed by atoms with Crippen molar-refractivity contribution in [1.29, 1.82) is 0 Å². The van der Waals surface area contributed by atoms with Crippen LogP contribution in [0.25, 0.3) is 0 Å². The first-order valence-corrected chi connectivity index (χ1v) is 5.19. The molecule has 0 heterocycles. The maximum atomic E-state index is 11.8. The lowest BCUT2D eigenvalue weighted by atomic mass is 10.1. The molecule has 0 aliphatic carbocycles. The number of anilines is 1. The van der Waals surface area contributed by atoms with Crippen molar-refractivity contribution in [3.05, 3.63) is 29.8 Å². The van der Waals surface area contributed by atoms with E-state index in [4.69, 9.17) is 18.0 Å². The topological polar surface area (TPSA) is 49.6 Å². The van der Waals surface area contributed by atoms with Gasteiger partial charge in [-0.05, 0) is 12.1 Å². The van der Waals surface area contributed by atoms with E-state index in [0.717, 1.165) is 0 Å². The fourth-order valence-electron chi connectivity index (χ4n) is 1.38. The van der Waals surface area contributed by atoms with Crippen molar-refractivity contribution in [3.63, 3.8) is 0 Å². The molecule has 2 N–H and O–H groups in total. The van der Waals surface area contributed by atoms with Crippen LogP contribution in [0.4, 0.5) is 10.5 Å². The highest BCUT2D eigenvalue weighted by molar-refractivity contribution is 7.80. The van der Waals surface area contributed by atoms with Gasteiger partial charge in [0.2, 0.25) is 0 Å². The first-order chi connectivity index (χ1) is 7.45. The maximum absolute atomic E-state index is 11.8. The van der Waals surface area contributed by atoms with Crippen LogP contribution >= 0.6 is 12.2 Å². The Kier molecular flexibility index (Phi) is 3.84. The average molecular weight is 237 g/mol. The summed E-state index contributed by atoms with van der Waals surface area (Å²) in [7, 11) is 5.09. The SMILES string of the molecule is CN(C)C(=O)N(C)c1ccccc1C(N)=S. The first kappa shape index (κ1) is 12.4. The summed E-state index contributed by atoms with van der Waals surface area (Å²) in [6.07, 6.45) is 0. The third-order valence-electron chi connectivity index (χ3n) is 2.20. The van der Waals surface area contributed by atoms with E-state index in [0.29, 0.717) is 11.3 Å². The van der Waals surface area contributed by atoms with Gasteiger partial charge >= 0.3 is 6.03 Å². The lowest BCUT2D eigenvalue weighted by Gasteiger charge is -2.23. The predicted octanol–water partition coefficient (Wildman–Crippen LogP) is 1.44. The Labute approximate surface area is 101 Å². The Balaban J connectivity index is 3.13. The van der Waals surface area contributed by atoms with Crippen molar-refractivity contribution >= 4 is 28.9 Å². The summed E-state index contributed by atoms with van der Waals surface area (Å²) in [5, 5.41) is 0. The second-order valence-electron chi connectivity index (χ2n) is 3.62. The summed E-state index contributed by atoms with van der Waals surface area (Å²) in [5.74, 6) is 0. The second kappa shape index (κ2) is 4.94. The van der Waals surface area contributed by atoms with Gasteiger partial charge in [0.05, 0.1) is 5.69 Å². The van der Waals surface area contributed by atoms with Crippen LogP contribution in [0.5, 0.6) is 0 Å². The highest BCUT2D eigenvalue weighted by Crippen LogP contribution is 2.19. The number of hydrogen-bond acceptors (Lipinski definition) is 2. The lowest BCUT2D eigenvalue weighted by Crippen LogP contribution is -2.37. The van der Waals surface area contributed by atoms with Gasteiger partial charge in [-0.25, -0.2) is 4.79 Å². The molecule has 0 aromatic heterocycles. The Morgan fingerprint density at radius 2 is 1.81 bits per heavy atom. The van der Waals surface area contributed by atoms with Gasteiger partial charge in [-0.1, -0.05) is 24.4 Å². The molecule has 0 spiro atoms. The summed E-state index contributed by atoms with van der Waals surface area (Å²) >= 11 is 4.95. The Hall–Kier alpha value is -1.62.